The van der Waals surface area contributed by atoms with Crippen LogP contribution in [0, 0.1) is 0 Å². The van der Waals surface area contributed by atoms with Crippen molar-refractivity contribution in [1.29, 1.82) is 0 Å². The molecule has 1 aliphatic rings. The average molecular weight is 318 g/mol. The van der Waals surface area contributed by atoms with Crippen molar-refractivity contribution in [3.05, 3.63) is 29.8 Å². The Kier molecular flexibility index (Phi) is 6.44. The Morgan fingerprint density at radius 1 is 1.22 bits per heavy atom. The summed E-state index contributed by atoms with van der Waals surface area (Å²) in [5, 5.41) is 2.89. The molecule has 2 amide bonds. The van der Waals surface area contributed by atoms with Crippen LogP contribution in [0.2, 0.25) is 0 Å². The fourth-order valence-corrected chi connectivity index (χ4v) is 3.21. The number of amides is 2. The third-order valence-corrected chi connectivity index (χ3v) is 4.41. The van der Waals surface area contributed by atoms with Gasteiger partial charge in [0.1, 0.15) is 5.75 Å². The standard InChI is InChI=1S/C18H26N2O3/c1-14(21)20(15-8-4-3-5-9-15)13-12-19-18(22)16-10-6-7-11-17(16)23-2/h6-7,10-11,15H,3-5,8-9,12-13H2,1-2H3,(H,19,22). The summed E-state index contributed by atoms with van der Waals surface area (Å²) in [6, 6.07) is 7.46. The van der Waals surface area contributed by atoms with Gasteiger partial charge in [-0.05, 0) is 25.0 Å². The predicted octanol–water partition coefficient (Wildman–Crippen LogP) is 2.61. The molecule has 1 saturated carbocycles. The molecule has 1 aliphatic carbocycles. The summed E-state index contributed by atoms with van der Waals surface area (Å²) in [5.74, 6) is 0.471. The molecule has 1 aromatic carbocycles. The van der Waals surface area contributed by atoms with Gasteiger partial charge in [0.25, 0.3) is 5.91 Å². The van der Waals surface area contributed by atoms with E-state index in [0.29, 0.717) is 30.4 Å². The molecule has 0 spiro atoms. The van der Waals surface area contributed by atoms with Gasteiger partial charge in [-0.25, -0.2) is 0 Å². The van der Waals surface area contributed by atoms with Gasteiger partial charge in [-0.3, -0.25) is 9.59 Å². The van der Waals surface area contributed by atoms with Gasteiger partial charge in [-0.15, -0.1) is 0 Å². The number of nitrogens with zero attached hydrogens (tertiary/aromatic N) is 1. The minimum Gasteiger partial charge on any atom is -0.496 e. The lowest BCUT2D eigenvalue weighted by Gasteiger charge is -2.33. The van der Waals surface area contributed by atoms with Crippen molar-refractivity contribution >= 4 is 11.8 Å². The number of carbonyl (C=O) groups excluding carboxylic acids is 2. The lowest BCUT2D eigenvalue weighted by atomic mass is 9.94. The molecule has 0 aromatic heterocycles. The molecular formula is C18H26N2O3. The van der Waals surface area contributed by atoms with Crippen molar-refractivity contribution in [2.45, 2.75) is 45.1 Å². The first kappa shape index (κ1) is 17.3. The highest BCUT2D eigenvalue weighted by molar-refractivity contribution is 5.96. The Bertz CT molecular complexity index is 539. The molecule has 0 atom stereocenters. The monoisotopic (exact) mass is 318 g/mol. The topological polar surface area (TPSA) is 58.6 Å². The second kappa shape index (κ2) is 8.56. The summed E-state index contributed by atoms with van der Waals surface area (Å²) >= 11 is 0. The highest BCUT2D eigenvalue weighted by Gasteiger charge is 2.23. The zero-order valence-electron chi connectivity index (χ0n) is 14.0. The Morgan fingerprint density at radius 3 is 2.57 bits per heavy atom. The van der Waals surface area contributed by atoms with Crippen molar-refractivity contribution in [1.82, 2.24) is 10.2 Å². The van der Waals surface area contributed by atoms with Crippen LogP contribution in [0.5, 0.6) is 5.75 Å². The molecule has 0 radical (unpaired) electrons. The number of methoxy groups -OCH3 is 1. The van der Waals surface area contributed by atoms with Gasteiger partial charge in [0.2, 0.25) is 5.91 Å². The van der Waals surface area contributed by atoms with Crippen molar-refractivity contribution < 1.29 is 14.3 Å². The molecule has 23 heavy (non-hydrogen) atoms. The summed E-state index contributed by atoms with van der Waals surface area (Å²) in [5.41, 5.74) is 0.516. The Labute approximate surface area is 138 Å². The van der Waals surface area contributed by atoms with Gasteiger partial charge in [0.05, 0.1) is 12.7 Å². The molecular weight excluding hydrogens is 292 g/mol. The molecule has 1 N–H and O–H groups in total. The smallest absolute Gasteiger partial charge is 0.255 e. The number of para-hydroxylation sites is 1. The van der Waals surface area contributed by atoms with Gasteiger partial charge in [-0.1, -0.05) is 31.4 Å². The van der Waals surface area contributed by atoms with E-state index in [4.69, 9.17) is 4.74 Å². The highest BCUT2D eigenvalue weighted by atomic mass is 16.5. The van der Waals surface area contributed by atoms with Crippen LogP contribution >= 0.6 is 0 Å². The van der Waals surface area contributed by atoms with Gasteiger partial charge >= 0.3 is 0 Å². The maximum Gasteiger partial charge on any atom is 0.255 e. The number of ether oxygens (including phenoxy) is 1. The molecule has 0 unspecified atom stereocenters. The first-order valence-corrected chi connectivity index (χ1v) is 8.32. The number of benzene rings is 1. The molecule has 5 heteroatoms. The number of hydrogen-bond acceptors (Lipinski definition) is 3. The van der Waals surface area contributed by atoms with Crippen LogP contribution in [0.25, 0.3) is 0 Å². The van der Waals surface area contributed by atoms with Gasteiger partial charge < -0.3 is 15.0 Å². The summed E-state index contributed by atoms with van der Waals surface area (Å²) in [6.45, 7) is 2.62. The van der Waals surface area contributed by atoms with E-state index in [1.807, 2.05) is 11.0 Å². The lowest BCUT2D eigenvalue weighted by molar-refractivity contribution is -0.131. The minimum atomic E-state index is -0.172. The van der Waals surface area contributed by atoms with E-state index in [2.05, 4.69) is 5.32 Å². The van der Waals surface area contributed by atoms with Crippen LogP contribution in [0.3, 0.4) is 0 Å². The molecule has 0 saturated heterocycles. The van der Waals surface area contributed by atoms with E-state index in [1.165, 1.54) is 19.3 Å². The van der Waals surface area contributed by atoms with Crippen LogP contribution in [0.4, 0.5) is 0 Å². The average Bonchev–Trinajstić information content (AvgIpc) is 2.58. The Morgan fingerprint density at radius 2 is 1.91 bits per heavy atom. The summed E-state index contributed by atoms with van der Waals surface area (Å²) in [6.07, 6.45) is 5.76. The number of nitrogens with one attached hydrogen (secondary N) is 1. The van der Waals surface area contributed by atoms with Crippen molar-refractivity contribution in [2.24, 2.45) is 0 Å². The SMILES string of the molecule is COc1ccccc1C(=O)NCCN(C(C)=O)C1CCCCC1. The molecule has 2 rings (SSSR count). The largest absolute Gasteiger partial charge is 0.496 e. The van der Waals surface area contributed by atoms with E-state index in [0.717, 1.165) is 12.8 Å². The van der Waals surface area contributed by atoms with Crippen molar-refractivity contribution in [2.75, 3.05) is 20.2 Å². The van der Waals surface area contributed by atoms with Crippen LogP contribution in [-0.2, 0) is 4.79 Å². The summed E-state index contributed by atoms with van der Waals surface area (Å²) in [7, 11) is 1.55. The molecule has 0 heterocycles. The summed E-state index contributed by atoms with van der Waals surface area (Å²) in [4.78, 5) is 26.0. The summed E-state index contributed by atoms with van der Waals surface area (Å²) < 4.78 is 5.20. The lowest BCUT2D eigenvalue weighted by Crippen LogP contribution is -2.44. The second-order valence-electron chi connectivity index (χ2n) is 5.96. The van der Waals surface area contributed by atoms with Crippen LogP contribution in [-0.4, -0.2) is 43.0 Å². The first-order chi connectivity index (χ1) is 11.1. The fraction of sp³-hybridized carbons (Fsp3) is 0.556. The van der Waals surface area contributed by atoms with Crippen molar-refractivity contribution in [3.8, 4) is 5.75 Å². The quantitative estimate of drug-likeness (QED) is 0.877. The van der Waals surface area contributed by atoms with E-state index < -0.39 is 0 Å². The maximum atomic E-state index is 12.3. The molecule has 126 valence electrons. The van der Waals surface area contributed by atoms with Crippen LogP contribution in [0.15, 0.2) is 24.3 Å². The predicted molar refractivity (Wildman–Crippen MR) is 89.6 cm³/mol. The molecule has 1 aromatic rings. The zero-order valence-corrected chi connectivity index (χ0v) is 14.0. The van der Waals surface area contributed by atoms with Crippen LogP contribution in [0.1, 0.15) is 49.4 Å². The third kappa shape index (κ3) is 4.71. The minimum absolute atomic E-state index is 0.0865. The molecule has 1 fully saturated rings. The van der Waals surface area contributed by atoms with Gasteiger partial charge in [-0.2, -0.15) is 0 Å². The normalized spacial score (nSPS) is 15.0. The third-order valence-electron chi connectivity index (χ3n) is 4.41. The van der Waals surface area contributed by atoms with E-state index >= 15 is 0 Å². The van der Waals surface area contributed by atoms with Gasteiger partial charge in [0.15, 0.2) is 0 Å². The fourth-order valence-electron chi connectivity index (χ4n) is 3.21. The molecule has 5 nitrogen and oxygen atoms in total. The van der Waals surface area contributed by atoms with Crippen molar-refractivity contribution in [3.63, 3.8) is 0 Å². The number of hydrogen-bond donors (Lipinski definition) is 1. The maximum absolute atomic E-state index is 12.3. The highest BCUT2D eigenvalue weighted by Crippen LogP contribution is 2.22. The van der Waals surface area contributed by atoms with E-state index in [-0.39, 0.29) is 11.8 Å². The van der Waals surface area contributed by atoms with E-state index in [1.54, 1.807) is 32.2 Å². The molecule has 0 aliphatic heterocycles. The number of rotatable bonds is 6. The first-order valence-electron chi connectivity index (χ1n) is 8.32. The Balaban J connectivity index is 1.89. The van der Waals surface area contributed by atoms with Crippen LogP contribution < -0.4 is 10.1 Å². The number of carbonyl (C=O) groups is 2. The zero-order chi connectivity index (χ0) is 16.7. The second-order valence-corrected chi connectivity index (χ2v) is 5.96. The Hall–Kier alpha value is -2.04. The van der Waals surface area contributed by atoms with E-state index in [9.17, 15) is 9.59 Å². The van der Waals surface area contributed by atoms with Gasteiger partial charge in [0, 0.05) is 26.1 Å². The molecule has 0 bridgehead atoms.